The smallest absolute Gasteiger partial charge is 0.238 e. The van der Waals surface area contributed by atoms with Crippen molar-refractivity contribution in [2.45, 2.75) is 19.3 Å². The maximum atomic E-state index is 12.2. The lowest BCUT2D eigenvalue weighted by Crippen LogP contribution is -2.30. The Morgan fingerprint density at radius 2 is 2.04 bits per heavy atom. The summed E-state index contributed by atoms with van der Waals surface area (Å²) in [6.45, 7) is 3.79. The van der Waals surface area contributed by atoms with E-state index in [1.54, 1.807) is 6.20 Å². The Morgan fingerprint density at radius 1 is 1.25 bits per heavy atom. The van der Waals surface area contributed by atoms with Gasteiger partial charge in [0.05, 0.1) is 11.0 Å². The van der Waals surface area contributed by atoms with Crippen LogP contribution in [0.2, 0.25) is 0 Å². The molecule has 1 saturated heterocycles. The van der Waals surface area contributed by atoms with E-state index in [9.17, 15) is 4.79 Å². The maximum Gasteiger partial charge on any atom is 0.238 e. The summed E-state index contributed by atoms with van der Waals surface area (Å²) in [5.41, 5.74) is 7.07. The Kier molecular flexibility index (Phi) is 7.58. The average molecular weight is 448 g/mol. The predicted molar refractivity (Wildman–Crippen MR) is 116 cm³/mol. The van der Waals surface area contributed by atoms with Gasteiger partial charge in [0.1, 0.15) is 5.82 Å². The van der Waals surface area contributed by atoms with Crippen LogP contribution in [-0.2, 0) is 4.79 Å². The molecule has 0 unspecified atom stereocenters. The summed E-state index contributed by atoms with van der Waals surface area (Å²) in [4.78, 5) is 23.2. The first-order valence-corrected chi connectivity index (χ1v) is 10.3. The topological polar surface area (TPSA) is 108 Å². The molecule has 1 aliphatic heterocycles. The number of carbonyl (C=O) groups excluding carboxylic acids is 1. The summed E-state index contributed by atoms with van der Waals surface area (Å²) in [5, 5.41) is 9.37. The molecule has 0 atom stereocenters. The lowest BCUT2D eigenvalue weighted by molar-refractivity contribution is -0.117. The van der Waals surface area contributed by atoms with E-state index in [-0.39, 0.29) is 5.91 Å². The van der Waals surface area contributed by atoms with Crippen molar-refractivity contribution in [1.29, 1.82) is 0 Å². The minimum absolute atomic E-state index is 0.00494. The largest absolute Gasteiger partial charge is 0.369 e. The standard InChI is InChI=1S/C19H26BrN7O/c20-16-12-23-19(26-18(16)22-8-4-7-21)25-15-6-3-5-14(11-15)24-17(28)13-27-9-1-2-10-27/h3,5-6,11-12H,1-2,4,7-10,13,21H2,(H,24,28)(H2,22,23,25,26). The van der Waals surface area contributed by atoms with Crippen molar-refractivity contribution >= 4 is 45.0 Å². The molecular formula is C19H26BrN7O. The van der Waals surface area contributed by atoms with Crippen LogP contribution >= 0.6 is 15.9 Å². The normalized spacial score (nSPS) is 14.1. The van der Waals surface area contributed by atoms with Crippen molar-refractivity contribution in [1.82, 2.24) is 14.9 Å². The van der Waals surface area contributed by atoms with Crippen LogP contribution in [0.3, 0.4) is 0 Å². The molecule has 1 aromatic carbocycles. The highest BCUT2D eigenvalue weighted by molar-refractivity contribution is 9.10. The van der Waals surface area contributed by atoms with Crippen LogP contribution in [0, 0.1) is 0 Å². The summed E-state index contributed by atoms with van der Waals surface area (Å²) in [5.74, 6) is 1.19. The number of rotatable bonds is 9. The molecule has 2 aromatic rings. The summed E-state index contributed by atoms with van der Waals surface area (Å²) >= 11 is 3.44. The van der Waals surface area contributed by atoms with Crippen molar-refractivity contribution in [3.8, 4) is 0 Å². The highest BCUT2D eigenvalue weighted by Gasteiger charge is 2.15. The molecule has 5 N–H and O–H groups in total. The molecule has 3 rings (SSSR count). The number of hydrogen-bond acceptors (Lipinski definition) is 7. The molecule has 0 spiro atoms. The molecule has 2 heterocycles. The molecule has 150 valence electrons. The molecule has 1 fully saturated rings. The van der Waals surface area contributed by atoms with E-state index in [4.69, 9.17) is 5.73 Å². The van der Waals surface area contributed by atoms with E-state index in [2.05, 4.69) is 46.7 Å². The molecule has 0 bridgehead atoms. The fraction of sp³-hybridized carbons (Fsp3) is 0.421. The SMILES string of the molecule is NCCCNc1nc(Nc2cccc(NC(=O)CN3CCCC3)c2)ncc1Br. The molecule has 8 nitrogen and oxygen atoms in total. The van der Waals surface area contributed by atoms with E-state index in [1.165, 1.54) is 12.8 Å². The molecule has 0 saturated carbocycles. The second-order valence-electron chi connectivity index (χ2n) is 6.70. The van der Waals surface area contributed by atoms with Gasteiger partial charge in [-0.05, 0) is 73.0 Å². The van der Waals surface area contributed by atoms with Crippen LogP contribution in [0.1, 0.15) is 19.3 Å². The molecule has 1 amide bonds. The first-order chi connectivity index (χ1) is 13.6. The molecule has 1 aliphatic rings. The summed E-state index contributed by atoms with van der Waals surface area (Å²) in [6, 6.07) is 7.53. The Hall–Kier alpha value is -2.23. The first kappa shape index (κ1) is 20.5. The lowest BCUT2D eigenvalue weighted by Gasteiger charge is -2.14. The second-order valence-corrected chi connectivity index (χ2v) is 7.55. The van der Waals surface area contributed by atoms with E-state index in [1.807, 2.05) is 24.3 Å². The van der Waals surface area contributed by atoms with Gasteiger partial charge in [0, 0.05) is 24.1 Å². The Balaban J connectivity index is 1.60. The Morgan fingerprint density at radius 3 is 2.82 bits per heavy atom. The number of carbonyl (C=O) groups is 1. The van der Waals surface area contributed by atoms with E-state index in [0.717, 1.165) is 41.9 Å². The van der Waals surface area contributed by atoms with Gasteiger partial charge in [0.15, 0.2) is 0 Å². The van der Waals surface area contributed by atoms with Gasteiger partial charge in [-0.25, -0.2) is 4.98 Å². The van der Waals surface area contributed by atoms with Crippen LogP contribution in [0.25, 0.3) is 0 Å². The molecule has 9 heteroatoms. The van der Waals surface area contributed by atoms with Gasteiger partial charge >= 0.3 is 0 Å². The van der Waals surface area contributed by atoms with Gasteiger partial charge in [-0.15, -0.1) is 0 Å². The number of hydrogen-bond donors (Lipinski definition) is 4. The van der Waals surface area contributed by atoms with Crippen LogP contribution in [0.4, 0.5) is 23.1 Å². The summed E-state index contributed by atoms with van der Waals surface area (Å²) in [6.07, 6.45) is 4.89. The number of aromatic nitrogens is 2. The summed E-state index contributed by atoms with van der Waals surface area (Å²) in [7, 11) is 0. The molecule has 28 heavy (non-hydrogen) atoms. The van der Waals surface area contributed by atoms with Crippen LogP contribution in [0.5, 0.6) is 0 Å². The Labute approximate surface area is 173 Å². The van der Waals surface area contributed by atoms with Crippen molar-refractivity contribution in [2.24, 2.45) is 5.73 Å². The molecule has 0 aliphatic carbocycles. The van der Waals surface area contributed by atoms with Crippen LogP contribution in [0.15, 0.2) is 34.9 Å². The minimum Gasteiger partial charge on any atom is -0.369 e. The second kappa shape index (κ2) is 10.4. The third kappa shape index (κ3) is 6.15. The predicted octanol–water partition coefficient (Wildman–Crippen LogP) is 2.78. The highest BCUT2D eigenvalue weighted by Crippen LogP contribution is 2.23. The van der Waals surface area contributed by atoms with Gasteiger partial charge in [-0.3, -0.25) is 9.69 Å². The zero-order chi connectivity index (χ0) is 19.8. The maximum absolute atomic E-state index is 12.2. The van der Waals surface area contributed by atoms with Crippen molar-refractivity contribution in [3.63, 3.8) is 0 Å². The van der Waals surface area contributed by atoms with Crippen molar-refractivity contribution in [2.75, 3.05) is 48.7 Å². The highest BCUT2D eigenvalue weighted by atomic mass is 79.9. The molecule has 0 radical (unpaired) electrons. The van der Waals surface area contributed by atoms with Gasteiger partial charge in [-0.2, -0.15) is 4.98 Å². The molecule has 1 aromatic heterocycles. The van der Waals surface area contributed by atoms with Crippen LogP contribution < -0.4 is 21.7 Å². The van der Waals surface area contributed by atoms with Crippen molar-refractivity contribution in [3.05, 3.63) is 34.9 Å². The zero-order valence-corrected chi connectivity index (χ0v) is 17.3. The number of halogens is 1. The van der Waals surface area contributed by atoms with Crippen molar-refractivity contribution < 1.29 is 4.79 Å². The minimum atomic E-state index is 0.00494. The van der Waals surface area contributed by atoms with Gasteiger partial charge in [0.2, 0.25) is 11.9 Å². The fourth-order valence-electron chi connectivity index (χ4n) is 3.01. The summed E-state index contributed by atoms with van der Waals surface area (Å²) < 4.78 is 0.790. The quantitative estimate of drug-likeness (QED) is 0.437. The van der Waals surface area contributed by atoms with Gasteiger partial charge in [0.25, 0.3) is 0 Å². The number of amides is 1. The van der Waals surface area contributed by atoms with Crippen LogP contribution in [-0.4, -0.2) is 53.5 Å². The number of nitrogens with one attached hydrogen (secondary N) is 3. The van der Waals surface area contributed by atoms with Gasteiger partial charge in [-0.1, -0.05) is 6.07 Å². The Bertz CT molecular complexity index is 796. The number of likely N-dealkylation sites (tertiary alicyclic amines) is 1. The number of nitrogens with zero attached hydrogens (tertiary/aromatic N) is 3. The first-order valence-electron chi connectivity index (χ1n) is 9.50. The number of nitrogens with two attached hydrogens (primary N) is 1. The van der Waals surface area contributed by atoms with E-state index < -0.39 is 0 Å². The lowest BCUT2D eigenvalue weighted by atomic mass is 10.2. The van der Waals surface area contributed by atoms with Gasteiger partial charge < -0.3 is 21.7 Å². The van der Waals surface area contributed by atoms with E-state index >= 15 is 0 Å². The number of anilines is 4. The average Bonchev–Trinajstić information content (AvgIpc) is 3.17. The third-order valence-corrected chi connectivity index (χ3v) is 4.97. The molecular weight excluding hydrogens is 422 g/mol. The third-order valence-electron chi connectivity index (χ3n) is 4.39. The number of benzene rings is 1. The monoisotopic (exact) mass is 447 g/mol. The fourth-order valence-corrected chi connectivity index (χ4v) is 3.34. The van der Waals surface area contributed by atoms with E-state index in [0.29, 0.717) is 24.9 Å². The zero-order valence-electron chi connectivity index (χ0n) is 15.7.